The van der Waals surface area contributed by atoms with Gasteiger partial charge in [0.15, 0.2) is 0 Å². The second kappa shape index (κ2) is 9.76. The van der Waals surface area contributed by atoms with Gasteiger partial charge in [0.25, 0.3) is 10.0 Å². The highest BCUT2D eigenvalue weighted by Crippen LogP contribution is 2.29. The molecule has 1 saturated heterocycles. The number of anilines is 1. The summed E-state index contributed by atoms with van der Waals surface area (Å²) in [6.07, 6.45) is 2.16. The number of halogens is 1. The first-order valence-electron chi connectivity index (χ1n) is 10.5. The van der Waals surface area contributed by atoms with E-state index in [1.54, 1.807) is 18.2 Å². The standard InChI is InChI=1S/C22H29FN2O5S2/c1-17(2)16-25(22-7-5-4-6-21(22)23)32(28,29)20-10-8-18(9-11-20)30-19-12-14-24(15-13-19)31(3,26)27/h4-11,17,19H,12-16H2,1-3H3. The van der Waals surface area contributed by atoms with Crippen LogP contribution >= 0.6 is 0 Å². The van der Waals surface area contributed by atoms with Gasteiger partial charge in [-0.15, -0.1) is 0 Å². The third kappa shape index (κ3) is 5.79. The molecule has 0 amide bonds. The second-order valence-electron chi connectivity index (χ2n) is 8.33. The molecule has 0 radical (unpaired) electrons. The lowest BCUT2D eigenvalue weighted by Crippen LogP contribution is -2.41. The number of benzene rings is 2. The van der Waals surface area contributed by atoms with Crippen molar-refractivity contribution in [3.05, 3.63) is 54.3 Å². The van der Waals surface area contributed by atoms with Gasteiger partial charge >= 0.3 is 0 Å². The quantitative estimate of drug-likeness (QED) is 0.573. The van der Waals surface area contributed by atoms with E-state index in [-0.39, 0.29) is 29.1 Å². The van der Waals surface area contributed by atoms with Gasteiger partial charge in [0.05, 0.1) is 16.8 Å². The number of para-hydroxylation sites is 1. The molecule has 0 aliphatic carbocycles. The van der Waals surface area contributed by atoms with E-state index in [1.807, 2.05) is 13.8 Å². The van der Waals surface area contributed by atoms with Crippen molar-refractivity contribution in [1.82, 2.24) is 4.31 Å². The van der Waals surface area contributed by atoms with Gasteiger partial charge in [0, 0.05) is 19.6 Å². The molecule has 0 atom stereocenters. The Morgan fingerprint density at radius 2 is 1.62 bits per heavy atom. The zero-order valence-electron chi connectivity index (χ0n) is 18.4. The molecule has 3 rings (SSSR count). The van der Waals surface area contributed by atoms with Crippen LogP contribution in [0.4, 0.5) is 10.1 Å². The molecule has 1 aliphatic rings. The van der Waals surface area contributed by atoms with E-state index in [1.165, 1.54) is 40.9 Å². The molecule has 0 N–H and O–H groups in total. The third-order valence-corrected chi connectivity index (χ3v) is 8.33. The average Bonchev–Trinajstić information content (AvgIpc) is 2.72. The molecule has 10 heteroatoms. The predicted octanol–water partition coefficient (Wildman–Crippen LogP) is 3.48. The zero-order chi connectivity index (χ0) is 23.5. The number of piperidine rings is 1. The summed E-state index contributed by atoms with van der Waals surface area (Å²) in [6, 6.07) is 11.9. The fourth-order valence-corrected chi connectivity index (χ4v) is 6.11. The van der Waals surface area contributed by atoms with Crippen LogP contribution < -0.4 is 9.04 Å². The van der Waals surface area contributed by atoms with Crippen LogP contribution in [-0.2, 0) is 20.0 Å². The summed E-state index contributed by atoms with van der Waals surface area (Å²) < 4.78 is 72.7. The fourth-order valence-electron chi connectivity index (χ4n) is 3.60. The summed E-state index contributed by atoms with van der Waals surface area (Å²) >= 11 is 0. The maximum Gasteiger partial charge on any atom is 0.264 e. The largest absolute Gasteiger partial charge is 0.490 e. The van der Waals surface area contributed by atoms with Gasteiger partial charge < -0.3 is 4.74 Å². The Balaban J connectivity index is 1.76. The number of rotatable bonds is 8. The molecule has 2 aromatic rings. The summed E-state index contributed by atoms with van der Waals surface area (Å²) in [6.45, 7) is 4.66. The van der Waals surface area contributed by atoms with E-state index in [2.05, 4.69) is 0 Å². The van der Waals surface area contributed by atoms with Crippen LogP contribution in [0.25, 0.3) is 0 Å². The van der Waals surface area contributed by atoms with E-state index in [0.29, 0.717) is 31.7 Å². The maximum atomic E-state index is 14.4. The van der Waals surface area contributed by atoms with E-state index < -0.39 is 25.9 Å². The summed E-state index contributed by atoms with van der Waals surface area (Å²) in [5.41, 5.74) is 0.0131. The highest BCUT2D eigenvalue weighted by molar-refractivity contribution is 7.92. The monoisotopic (exact) mass is 484 g/mol. The molecule has 7 nitrogen and oxygen atoms in total. The summed E-state index contributed by atoms with van der Waals surface area (Å²) in [4.78, 5) is 0.0423. The summed E-state index contributed by atoms with van der Waals surface area (Å²) in [7, 11) is -7.19. The van der Waals surface area contributed by atoms with Crippen LogP contribution in [-0.4, -0.2) is 53.1 Å². The van der Waals surface area contributed by atoms with Crippen molar-refractivity contribution < 1.29 is 26.0 Å². The van der Waals surface area contributed by atoms with Crippen molar-refractivity contribution >= 4 is 25.7 Å². The molecule has 0 unspecified atom stereocenters. The van der Waals surface area contributed by atoms with E-state index in [4.69, 9.17) is 4.74 Å². The Morgan fingerprint density at radius 1 is 1.03 bits per heavy atom. The molecule has 1 heterocycles. The van der Waals surface area contributed by atoms with Crippen molar-refractivity contribution in [3.8, 4) is 5.75 Å². The number of sulfonamides is 2. The number of nitrogens with zero attached hydrogens (tertiary/aromatic N) is 2. The number of ether oxygens (including phenoxy) is 1. The minimum Gasteiger partial charge on any atom is -0.490 e. The molecule has 0 saturated carbocycles. The Labute approximate surface area is 189 Å². The lowest BCUT2D eigenvalue weighted by atomic mass is 10.1. The zero-order valence-corrected chi connectivity index (χ0v) is 20.1. The SMILES string of the molecule is CC(C)CN(c1ccccc1F)S(=O)(=O)c1ccc(OC2CCN(S(C)(=O)=O)CC2)cc1. The van der Waals surface area contributed by atoms with Crippen LogP contribution in [0.15, 0.2) is 53.4 Å². The normalized spacial score (nSPS) is 16.3. The van der Waals surface area contributed by atoms with Crippen molar-refractivity contribution in [1.29, 1.82) is 0 Å². The van der Waals surface area contributed by atoms with E-state index in [0.717, 1.165) is 4.31 Å². The molecule has 176 valence electrons. The third-order valence-electron chi connectivity index (χ3n) is 5.24. The van der Waals surface area contributed by atoms with Crippen LogP contribution in [0.5, 0.6) is 5.75 Å². The fraction of sp³-hybridized carbons (Fsp3) is 0.455. The van der Waals surface area contributed by atoms with Crippen molar-refractivity contribution in [2.24, 2.45) is 5.92 Å². The topological polar surface area (TPSA) is 84.0 Å². The Kier molecular flexibility index (Phi) is 7.46. The van der Waals surface area contributed by atoms with Gasteiger partial charge in [-0.05, 0) is 55.2 Å². The van der Waals surface area contributed by atoms with Gasteiger partial charge in [0.1, 0.15) is 17.7 Å². The number of hydrogen-bond acceptors (Lipinski definition) is 5. The van der Waals surface area contributed by atoms with Crippen molar-refractivity contribution in [3.63, 3.8) is 0 Å². The molecule has 0 bridgehead atoms. The number of hydrogen-bond donors (Lipinski definition) is 0. The van der Waals surface area contributed by atoms with Crippen LogP contribution in [0.3, 0.4) is 0 Å². The van der Waals surface area contributed by atoms with Crippen LogP contribution in [0.2, 0.25) is 0 Å². The summed E-state index contributed by atoms with van der Waals surface area (Å²) in [5.74, 6) is -0.107. The molecule has 32 heavy (non-hydrogen) atoms. The minimum atomic E-state index is -3.98. The van der Waals surface area contributed by atoms with Gasteiger partial charge in [-0.3, -0.25) is 4.31 Å². The first kappa shape index (κ1) is 24.5. The Hall–Kier alpha value is -2.17. The predicted molar refractivity (Wildman–Crippen MR) is 122 cm³/mol. The molecule has 1 aliphatic heterocycles. The molecular weight excluding hydrogens is 455 g/mol. The second-order valence-corrected chi connectivity index (χ2v) is 12.2. The molecule has 0 spiro atoms. The van der Waals surface area contributed by atoms with Crippen molar-refractivity contribution in [2.75, 3.05) is 30.2 Å². The average molecular weight is 485 g/mol. The van der Waals surface area contributed by atoms with Gasteiger partial charge in [0.2, 0.25) is 10.0 Å². The smallest absolute Gasteiger partial charge is 0.264 e. The van der Waals surface area contributed by atoms with Crippen molar-refractivity contribution in [2.45, 2.75) is 37.7 Å². The van der Waals surface area contributed by atoms with Gasteiger partial charge in [-0.1, -0.05) is 26.0 Å². The molecular formula is C22H29FN2O5S2. The lowest BCUT2D eigenvalue weighted by Gasteiger charge is -2.30. The molecule has 0 aromatic heterocycles. The lowest BCUT2D eigenvalue weighted by molar-refractivity contribution is 0.135. The minimum absolute atomic E-state index is 0.00945. The highest BCUT2D eigenvalue weighted by Gasteiger charge is 2.29. The first-order chi connectivity index (χ1) is 15.0. The molecule has 1 fully saturated rings. The highest BCUT2D eigenvalue weighted by atomic mass is 32.2. The van der Waals surface area contributed by atoms with E-state index in [9.17, 15) is 21.2 Å². The van der Waals surface area contributed by atoms with Gasteiger partial charge in [-0.25, -0.2) is 25.5 Å². The van der Waals surface area contributed by atoms with Crippen LogP contribution in [0, 0.1) is 11.7 Å². The van der Waals surface area contributed by atoms with Crippen LogP contribution in [0.1, 0.15) is 26.7 Å². The Morgan fingerprint density at radius 3 is 2.16 bits per heavy atom. The first-order valence-corrected chi connectivity index (χ1v) is 13.8. The van der Waals surface area contributed by atoms with E-state index >= 15 is 0 Å². The molecule has 2 aromatic carbocycles. The van der Waals surface area contributed by atoms with Gasteiger partial charge in [-0.2, -0.15) is 0 Å². The maximum absolute atomic E-state index is 14.4. The Bertz CT molecular complexity index is 1130. The summed E-state index contributed by atoms with van der Waals surface area (Å²) in [5, 5.41) is 0.